The van der Waals surface area contributed by atoms with Gasteiger partial charge in [-0.2, -0.15) is 5.10 Å². The third-order valence-corrected chi connectivity index (χ3v) is 6.34. The van der Waals surface area contributed by atoms with E-state index in [0.29, 0.717) is 34.4 Å². The number of fused-ring (bicyclic) bond motifs is 1. The van der Waals surface area contributed by atoms with Crippen molar-refractivity contribution in [3.63, 3.8) is 0 Å². The van der Waals surface area contributed by atoms with Gasteiger partial charge in [-0.15, -0.1) is 12.4 Å². The number of carbonyl (C=O) groups is 1. The Kier molecular flexibility index (Phi) is 7.42. The van der Waals surface area contributed by atoms with E-state index in [-0.39, 0.29) is 18.3 Å². The Bertz CT molecular complexity index is 1380. The molecule has 0 unspecified atom stereocenters. The molecule has 7 nitrogen and oxygen atoms in total. The Morgan fingerprint density at radius 1 is 1.00 bits per heavy atom. The van der Waals surface area contributed by atoms with Gasteiger partial charge < -0.3 is 20.9 Å². The lowest BCUT2D eigenvalue weighted by Gasteiger charge is -2.34. The van der Waals surface area contributed by atoms with Gasteiger partial charge in [0.05, 0.1) is 11.1 Å². The molecular weight excluding hydrogens is 486 g/mol. The molecule has 0 atom stereocenters. The third kappa shape index (κ3) is 5.42. The van der Waals surface area contributed by atoms with Gasteiger partial charge in [-0.1, -0.05) is 6.07 Å². The van der Waals surface area contributed by atoms with E-state index in [0.717, 1.165) is 49.0 Å². The number of amides is 1. The first-order chi connectivity index (χ1) is 16.9. The van der Waals surface area contributed by atoms with Crippen LogP contribution in [-0.4, -0.2) is 54.2 Å². The number of aromatic amines is 1. The summed E-state index contributed by atoms with van der Waals surface area (Å²) in [5.41, 5.74) is 10.1. The van der Waals surface area contributed by atoms with Crippen molar-refractivity contribution in [2.75, 3.05) is 49.2 Å². The van der Waals surface area contributed by atoms with Crippen molar-refractivity contribution in [3.8, 4) is 0 Å². The number of nitrogens with two attached hydrogens (primary N) is 1. The Morgan fingerprint density at radius 3 is 2.42 bits per heavy atom. The fraction of sp³-hybridized carbons (Fsp3) is 0.231. The van der Waals surface area contributed by atoms with Gasteiger partial charge >= 0.3 is 0 Å². The Hall–Kier alpha value is -3.69. The summed E-state index contributed by atoms with van der Waals surface area (Å²) in [5.74, 6) is -1.24. The van der Waals surface area contributed by atoms with E-state index in [1.54, 1.807) is 6.07 Å². The average Bonchev–Trinajstić information content (AvgIpc) is 3.20. The molecule has 1 aliphatic heterocycles. The number of carbonyl (C=O) groups excluding carboxylic acids is 1. The minimum atomic E-state index is -0.617. The van der Waals surface area contributed by atoms with Gasteiger partial charge in [0.15, 0.2) is 5.82 Å². The molecule has 1 aromatic heterocycles. The van der Waals surface area contributed by atoms with E-state index in [1.807, 2.05) is 30.3 Å². The molecule has 0 radical (unpaired) electrons. The van der Waals surface area contributed by atoms with Crippen LogP contribution in [0.1, 0.15) is 21.5 Å². The molecular formula is C26H27ClF2N6O. The number of likely N-dealkylation sites (N-methyl/N-ethyl adjacent to an activating group) is 1. The molecule has 3 aromatic carbocycles. The second-order valence-corrected chi connectivity index (χ2v) is 8.92. The second-order valence-electron chi connectivity index (χ2n) is 8.92. The molecule has 0 aliphatic carbocycles. The van der Waals surface area contributed by atoms with Gasteiger partial charge in [-0.3, -0.25) is 9.89 Å². The van der Waals surface area contributed by atoms with Crippen molar-refractivity contribution < 1.29 is 13.6 Å². The van der Waals surface area contributed by atoms with E-state index >= 15 is 0 Å². The first-order valence-electron chi connectivity index (χ1n) is 11.4. The fourth-order valence-electron chi connectivity index (χ4n) is 4.41. The molecule has 36 heavy (non-hydrogen) atoms. The van der Waals surface area contributed by atoms with Crippen molar-refractivity contribution in [1.82, 2.24) is 15.1 Å². The summed E-state index contributed by atoms with van der Waals surface area (Å²) in [6, 6.07) is 14.5. The summed E-state index contributed by atoms with van der Waals surface area (Å²) in [7, 11) is 2.10. The van der Waals surface area contributed by atoms with E-state index in [1.165, 1.54) is 12.1 Å². The summed E-state index contributed by atoms with van der Waals surface area (Å²) < 4.78 is 27.1. The number of anilines is 3. The predicted molar refractivity (Wildman–Crippen MR) is 141 cm³/mol. The summed E-state index contributed by atoms with van der Waals surface area (Å²) in [6.07, 6.45) is 0.337. The molecule has 1 aliphatic rings. The maximum absolute atomic E-state index is 13.6. The molecule has 0 spiro atoms. The lowest BCUT2D eigenvalue weighted by atomic mass is 10.0. The average molecular weight is 513 g/mol. The summed E-state index contributed by atoms with van der Waals surface area (Å²) >= 11 is 0. The number of benzene rings is 3. The summed E-state index contributed by atoms with van der Waals surface area (Å²) in [5, 5.41) is 10.7. The highest BCUT2D eigenvalue weighted by Crippen LogP contribution is 2.26. The van der Waals surface area contributed by atoms with Crippen LogP contribution in [0.5, 0.6) is 0 Å². The molecule has 1 fully saturated rings. The molecule has 4 N–H and O–H groups in total. The maximum atomic E-state index is 13.6. The number of nitrogen functional groups attached to an aromatic ring is 1. The van der Waals surface area contributed by atoms with Crippen molar-refractivity contribution in [2.24, 2.45) is 0 Å². The van der Waals surface area contributed by atoms with Crippen LogP contribution >= 0.6 is 12.4 Å². The number of piperazine rings is 1. The van der Waals surface area contributed by atoms with Crippen molar-refractivity contribution in [3.05, 3.63) is 82.9 Å². The van der Waals surface area contributed by atoms with Gasteiger partial charge in [0.2, 0.25) is 0 Å². The Morgan fingerprint density at radius 2 is 1.72 bits per heavy atom. The summed E-state index contributed by atoms with van der Waals surface area (Å²) in [4.78, 5) is 17.5. The highest BCUT2D eigenvalue weighted by molar-refractivity contribution is 6.10. The molecule has 2 heterocycles. The zero-order valence-electron chi connectivity index (χ0n) is 19.7. The number of H-pyrrole nitrogens is 1. The Labute approximate surface area is 213 Å². The molecule has 4 aromatic rings. The number of halogens is 3. The van der Waals surface area contributed by atoms with Gasteiger partial charge in [-0.25, -0.2) is 8.78 Å². The van der Waals surface area contributed by atoms with Gasteiger partial charge in [0, 0.05) is 49.0 Å². The van der Waals surface area contributed by atoms with E-state index in [9.17, 15) is 13.6 Å². The normalized spacial score (nSPS) is 14.0. The van der Waals surface area contributed by atoms with Gasteiger partial charge in [0.1, 0.15) is 11.6 Å². The first-order valence-corrected chi connectivity index (χ1v) is 11.4. The molecule has 0 saturated carbocycles. The number of nitrogens with one attached hydrogen (secondary N) is 2. The van der Waals surface area contributed by atoms with Crippen LogP contribution < -0.4 is 16.0 Å². The largest absolute Gasteiger partial charge is 0.398 e. The van der Waals surface area contributed by atoms with Crippen LogP contribution in [0.2, 0.25) is 0 Å². The lowest BCUT2D eigenvalue weighted by molar-refractivity contribution is 0.102. The molecule has 0 bridgehead atoms. The zero-order chi connectivity index (χ0) is 24.5. The van der Waals surface area contributed by atoms with Crippen LogP contribution in [0.15, 0.2) is 54.6 Å². The highest BCUT2D eigenvalue weighted by atomic mass is 35.5. The van der Waals surface area contributed by atoms with Crippen LogP contribution in [0.4, 0.5) is 26.0 Å². The lowest BCUT2D eigenvalue weighted by Crippen LogP contribution is -2.44. The van der Waals surface area contributed by atoms with E-state index in [4.69, 9.17) is 5.73 Å². The molecule has 1 amide bonds. The van der Waals surface area contributed by atoms with Crippen molar-refractivity contribution in [2.45, 2.75) is 6.42 Å². The number of hydrogen-bond acceptors (Lipinski definition) is 5. The highest BCUT2D eigenvalue weighted by Gasteiger charge is 2.18. The number of aromatic nitrogens is 2. The summed E-state index contributed by atoms with van der Waals surface area (Å²) in [6.45, 7) is 3.77. The Balaban J connectivity index is 0.00000304. The molecule has 5 rings (SSSR count). The smallest absolute Gasteiger partial charge is 0.258 e. The first kappa shape index (κ1) is 25.4. The molecule has 188 valence electrons. The second kappa shape index (κ2) is 10.5. The maximum Gasteiger partial charge on any atom is 0.258 e. The van der Waals surface area contributed by atoms with E-state index in [2.05, 4.69) is 32.4 Å². The molecule has 1 saturated heterocycles. The van der Waals surface area contributed by atoms with Crippen LogP contribution in [-0.2, 0) is 6.42 Å². The predicted octanol–water partition coefficient (Wildman–Crippen LogP) is 4.44. The molecule has 10 heteroatoms. The van der Waals surface area contributed by atoms with Crippen LogP contribution in [0.3, 0.4) is 0 Å². The van der Waals surface area contributed by atoms with Gasteiger partial charge in [0.25, 0.3) is 5.91 Å². The van der Waals surface area contributed by atoms with Crippen molar-refractivity contribution in [1.29, 1.82) is 0 Å². The zero-order valence-corrected chi connectivity index (χ0v) is 20.5. The fourth-order valence-corrected chi connectivity index (χ4v) is 4.41. The minimum absolute atomic E-state index is 0. The minimum Gasteiger partial charge on any atom is -0.398 e. The number of hydrogen-bond donors (Lipinski definition) is 3. The van der Waals surface area contributed by atoms with E-state index < -0.39 is 11.6 Å². The van der Waals surface area contributed by atoms with Gasteiger partial charge in [-0.05, 0) is 67.1 Å². The van der Waals surface area contributed by atoms with Crippen LogP contribution in [0, 0.1) is 11.6 Å². The SMILES string of the molecule is CN1CCN(c2ccc(C(=O)Nc3n[nH]c4ccc(Cc5cc(F)cc(F)c5)cc34)c(N)c2)CC1.Cl. The quantitative estimate of drug-likeness (QED) is 0.344. The van der Waals surface area contributed by atoms with Crippen molar-refractivity contribution >= 4 is 46.4 Å². The topological polar surface area (TPSA) is 90.3 Å². The monoisotopic (exact) mass is 512 g/mol. The number of rotatable bonds is 5. The van der Waals surface area contributed by atoms with Crippen LogP contribution in [0.25, 0.3) is 10.9 Å². The third-order valence-electron chi connectivity index (χ3n) is 6.34. The standard InChI is InChI=1S/C26H26F2N6O.ClH/c1-33-6-8-34(9-7-33)20-3-4-21(23(29)15-20)26(35)30-25-22-13-16(2-5-24(22)31-32-25)10-17-11-18(27)14-19(28)12-17;/h2-5,11-15H,6-10,29H2,1H3,(H2,30,31,32,35);1H. The number of nitrogens with zero attached hydrogens (tertiary/aromatic N) is 3.